The number of carbonyl (C=O) groups is 1. The van der Waals surface area contributed by atoms with Crippen LogP contribution in [0.25, 0.3) is 6.08 Å². The summed E-state index contributed by atoms with van der Waals surface area (Å²) in [6.45, 7) is 3.81. The fourth-order valence-electron chi connectivity index (χ4n) is 1.39. The molecule has 2 heterocycles. The van der Waals surface area contributed by atoms with Gasteiger partial charge in [0.05, 0.1) is 6.04 Å². The monoisotopic (exact) mass is 263 g/mol. The minimum atomic E-state index is -0.273. The van der Waals surface area contributed by atoms with E-state index in [1.54, 1.807) is 24.3 Å². The third-order valence-corrected chi connectivity index (χ3v) is 3.38. The van der Waals surface area contributed by atoms with Gasteiger partial charge >= 0.3 is 0 Å². The van der Waals surface area contributed by atoms with Crippen LogP contribution in [0.3, 0.4) is 0 Å². The lowest BCUT2D eigenvalue weighted by molar-refractivity contribution is -0.117. The molecule has 94 valence electrons. The largest absolute Gasteiger partial charge is 0.343 e. The molecule has 2 aromatic rings. The van der Waals surface area contributed by atoms with Crippen LogP contribution in [0.5, 0.6) is 0 Å². The molecule has 1 unspecified atom stereocenters. The van der Waals surface area contributed by atoms with Crippen molar-refractivity contribution in [1.82, 2.24) is 25.9 Å². The first-order valence-corrected chi connectivity index (χ1v) is 6.31. The van der Waals surface area contributed by atoms with Gasteiger partial charge in [-0.05, 0) is 36.9 Å². The first-order valence-electron chi connectivity index (χ1n) is 5.43. The molecular weight excluding hydrogens is 250 g/mol. The summed E-state index contributed by atoms with van der Waals surface area (Å²) >= 11 is 1.60. The summed E-state index contributed by atoms with van der Waals surface area (Å²) in [5, 5.41) is 18.2. The highest BCUT2D eigenvalue weighted by Gasteiger charge is 2.11. The van der Waals surface area contributed by atoms with Crippen LogP contribution >= 0.6 is 11.3 Å². The number of nitrogens with one attached hydrogen (secondary N) is 2. The molecule has 0 saturated carbocycles. The maximum atomic E-state index is 11.7. The summed E-state index contributed by atoms with van der Waals surface area (Å²) in [5.74, 6) is 0.282. The smallest absolute Gasteiger partial charge is 0.244 e. The molecule has 7 heteroatoms. The fourth-order valence-corrected chi connectivity index (χ4v) is 2.20. The number of carbonyl (C=O) groups excluding carboxylic acids is 1. The standard InChI is InChI=1S/C11H13N5OS/c1-7-5-6-18-9(7)3-4-10(17)12-8(2)11-13-15-16-14-11/h3-6,8H,1-2H3,(H,12,17)(H,13,14,15,16). The van der Waals surface area contributed by atoms with Gasteiger partial charge in [0.25, 0.3) is 0 Å². The Balaban J connectivity index is 1.93. The van der Waals surface area contributed by atoms with Crippen LogP contribution in [-0.2, 0) is 4.79 Å². The molecule has 2 N–H and O–H groups in total. The molecule has 0 aliphatic heterocycles. The molecule has 0 saturated heterocycles. The van der Waals surface area contributed by atoms with Crippen molar-refractivity contribution in [2.24, 2.45) is 0 Å². The molecule has 0 fully saturated rings. The van der Waals surface area contributed by atoms with Gasteiger partial charge in [-0.2, -0.15) is 5.21 Å². The van der Waals surface area contributed by atoms with Gasteiger partial charge in [-0.25, -0.2) is 0 Å². The molecule has 0 bridgehead atoms. The zero-order valence-corrected chi connectivity index (χ0v) is 10.9. The number of H-pyrrole nitrogens is 1. The fraction of sp³-hybridized carbons (Fsp3) is 0.273. The molecule has 1 atom stereocenters. The van der Waals surface area contributed by atoms with E-state index in [-0.39, 0.29) is 11.9 Å². The summed E-state index contributed by atoms with van der Waals surface area (Å²) in [4.78, 5) is 12.8. The highest BCUT2D eigenvalue weighted by Crippen LogP contribution is 2.16. The predicted octanol–water partition coefficient (Wildman–Crippen LogP) is 1.46. The molecule has 2 aromatic heterocycles. The number of amides is 1. The minimum absolute atomic E-state index is 0.180. The topological polar surface area (TPSA) is 83.6 Å². The quantitative estimate of drug-likeness (QED) is 0.818. The van der Waals surface area contributed by atoms with Crippen LogP contribution in [0, 0.1) is 6.92 Å². The van der Waals surface area contributed by atoms with Crippen LogP contribution < -0.4 is 5.32 Å². The predicted molar refractivity (Wildman–Crippen MR) is 68.8 cm³/mol. The van der Waals surface area contributed by atoms with Gasteiger partial charge in [-0.15, -0.1) is 21.5 Å². The molecule has 1 amide bonds. The van der Waals surface area contributed by atoms with E-state index in [9.17, 15) is 4.79 Å². The van der Waals surface area contributed by atoms with E-state index in [4.69, 9.17) is 0 Å². The maximum Gasteiger partial charge on any atom is 0.244 e. The van der Waals surface area contributed by atoms with Gasteiger partial charge in [-0.3, -0.25) is 4.79 Å². The number of tetrazole rings is 1. The van der Waals surface area contributed by atoms with Crippen LogP contribution in [0.4, 0.5) is 0 Å². The first kappa shape index (κ1) is 12.4. The maximum absolute atomic E-state index is 11.7. The number of thiophene rings is 1. The lowest BCUT2D eigenvalue weighted by atomic mass is 10.2. The van der Waals surface area contributed by atoms with E-state index in [1.807, 2.05) is 18.4 Å². The van der Waals surface area contributed by atoms with Crippen molar-refractivity contribution >= 4 is 23.3 Å². The normalized spacial score (nSPS) is 12.8. The SMILES string of the molecule is Cc1ccsc1C=CC(=O)NC(C)c1nn[nH]n1. The Morgan fingerprint density at radius 2 is 2.44 bits per heavy atom. The van der Waals surface area contributed by atoms with Crippen molar-refractivity contribution in [2.45, 2.75) is 19.9 Å². The molecule has 6 nitrogen and oxygen atoms in total. The third-order valence-electron chi connectivity index (χ3n) is 2.40. The van der Waals surface area contributed by atoms with Gasteiger partial charge in [0.1, 0.15) is 0 Å². The number of nitrogens with zero attached hydrogens (tertiary/aromatic N) is 3. The Hall–Kier alpha value is -2.02. The number of aromatic amines is 1. The Morgan fingerprint density at radius 1 is 1.61 bits per heavy atom. The Labute approximate surface area is 108 Å². The second-order valence-corrected chi connectivity index (χ2v) is 4.75. The molecule has 0 radical (unpaired) electrons. The molecule has 0 aliphatic rings. The third kappa shape index (κ3) is 3.01. The molecule has 0 aromatic carbocycles. The number of hydrogen-bond donors (Lipinski definition) is 2. The van der Waals surface area contributed by atoms with Crippen LogP contribution in [0.1, 0.15) is 29.2 Å². The summed E-state index contributed by atoms with van der Waals surface area (Å²) in [6.07, 6.45) is 3.31. The highest BCUT2D eigenvalue weighted by molar-refractivity contribution is 7.11. The van der Waals surface area contributed by atoms with Crippen molar-refractivity contribution in [3.8, 4) is 0 Å². The Bertz CT molecular complexity index is 546. The zero-order chi connectivity index (χ0) is 13.0. The van der Waals surface area contributed by atoms with Gasteiger partial charge in [-0.1, -0.05) is 5.21 Å². The van der Waals surface area contributed by atoms with E-state index in [0.29, 0.717) is 5.82 Å². The molecule has 2 rings (SSSR count). The second kappa shape index (κ2) is 5.54. The Kier molecular flexibility index (Phi) is 3.83. The zero-order valence-electron chi connectivity index (χ0n) is 10.0. The average molecular weight is 263 g/mol. The summed E-state index contributed by atoms with van der Waals surface area (Å²) in [7, 11) is 0. The number of hydrogen-bond acceptors (Lipinski definition) is 5. The van der Waals surface area contributed by atoms with Crippen molar-refractivity contribution in [2.75, 3.05) is 0 Å². The summed E-state index contributed by atoms with van der Waals surface area (Å²) in [6, 6.07) is 1.75. The lowest BCUT2D eigenvalue weighted by Crippen LogP contribution is -2.25. The van der Waals surface area contributed by atoms with Crippen LogP contribution in [0.15, 0.2) is 17.5 Å². The summed E-state index contributed by atoms with van der Waals surface area (Å²) < 4.78 is 0. The van der Waals surface area contributed by atoms with Gasteiger partial charge < -0.3 is 5.32 Å². The Morgan fingerprint density at radius 3 is 3.06 bits per heavy atom. The molecular formula is C11H13N5OS. The van der Waals surface area contributed by atoms with Gasteiger partial charge in [0.2, 0.25) is 5.91 Å². The average Bonchev–Trinajstić information content (AvgIpc) is 2.97. The van der Waals surface area contributed by atoms with E-state index in [1.165, 1.54) is 6.08 Å². The minimum Gasteiger partial charge on any atom is -0.343 e. The summed E-state index contributed by atoms with van der Waals surface area (Å²) in [5.41, 5.74) is 1.16. The van der Waals surface area contributed by atoms with Crippen LogP contribution in [0.2, 0.25) is 0 Å². The van der Waals surface area contributed by atoms with Gasteiger partial charge in [0, 0.05) is 11.0 Å². The van der Waals surface area contributed by atoms with Gasteiger partial charge in [0.15, 0.2) is 5.82 Å². The van der Waals surface area contributed by atoms with Crippen molar-refractivity contribution < 1.29 is 4.79 Å². The van der Waals surface area contributed by atoms with E-state index >= 15 is 0 Å². The van der Waals surface area contributed by atoms with Crippen molar-refractivity contribution in [3.05, 3.63) is 33.8 Å². The molecule has 18 heavy (non-hydrogen) atoms. The number of aromatic nitrogens is 4. The molecule has 0 spiro atoms. The van der Waals surface area contributed by atoms with Crippen molar-refractivity contribution in [1.29, 1.82) is 0 Å². The lowest BCUT2D eigenvalue weighted by Gasteiger charge is -2.06. The second-order valence-electron chi connectivity index (χ2n) is 3.80. The van der Waals surface area contributed by atoms with Crippen LogP contribution in [-0.4, -0.2) is 26.5 Å². The molecule has 0 aliphatic carbocycles. The number of rotatable bonds is 4. The van der Waals surface area contributed by atoms with E-state index < -0.39 is 0 Å². The van der Waals surface area contributed by atoms with E-state index in [2.05, 4.69) is 25.9 Å². The number of aryl methyl sites for hydroxylation is 1. The van der Waals surface area contributed by atoms with E-state index in [0.717, 1.165) is 10.4 Å². The first-order chi connectivity index (χ1) is 8.66. The van der Waals surface area contributed by atoms with Crippen molar-refractivity contribution in [3.63, 3.8) is 0 Å². The highest BCUT2D eigenvalue weighted by atomic mass is 32.1.